The lowest BCUT2D eigenvalue weighted by atomic mass is 10.2. The Morgan fingerprint density at radius 2 is 2.21 bits per heavy atom. The van der Waals surface area contributed by atoms with E-state index in [2.05, 4.69) is 21.5 Å². The van der Waals surface area contributed by atoms with Crippen LogP contribution >= 0.6 is 11.8 Å². The summed E-state index contributed by atoms with van der Waals surface area (Å²) in [4.78, 5) is 18.1. The molecule has 1 aromatic rings. The van der Waals surface area contributed by atoms with Gasteiger partial charge in [-0.05, 0) is 38.3 Å². The van der Waals surface area contributed by atoms with Crippen molar-refractivity contribution in [1.29, 1.82) is 0 Å². The van der Waals surface area contributed by atoms with Crippen molar-refractivity contribution in [2.75, 3.05) is 25.2 Å². The Labute approximate surface area is 119 Å². The number of aromatic nitrogens is 1. The minimum Gasteiger partial charge on any atom is -0.325 e. The summed E-state index contributed by atoms with van der Waals surface area (Å²) >= 11 is 1.92. The Hall–Kier alpha value is -1.07. The van der Waals surface area contributed by atoms with Gasteiger partial charge < -0.3 is 5.32 Å². The fourth-order valence-corrected chi connectivity index (χ4v) is 3.73. The van der Waals surface area contributed by atoms with Crippen LogP contribution in [0.5, 0.6) is 0 Å². The first-order chi connectivity index (χ1) is 9.20. The number of hydrogen-bond acceptors (Lipinski definition) is 4. The first-order valence-electron chi connectivity index (χ1n) is 6.63. The van der Waals surface area contributed by atoms with Gasteiger partial charge in [-0.25, -0.2) is 0 Å². The summed E-state index contributed by atoms with van der Waals surface area (Å²) in [6.45, 7) is 0.448. The molecule has 0 aromatic carbocycles. The third kappa shape index (κ3) is 3.94. The lowest BCUT2D eigenvalue weighted by molar-refractivity contribution is -0.117. The van der Waals surface area contributed by atoms with E-state index < -0.39 is 0 Å². The van der Waals surface area contributed by atoms with Crippen molar-refractivity contribution in [2.45, 2.75) is 30.6 Å². The highest BCUT2D eigenvalue weighted by Crippen LogP contribution is 2.31. The van der Waals surface area contributed by atoms with Gasteiger partial charge in [0.05, 0.1) is 6.54 Å². The summed E-state index contributed by atoms with van der Waals surface area (Å²) < 4.78 is 0. The fraction of sp³-hybridized carbons (Fsp3) is 0.571. The van der Waals surface area contributed by atoms with E-state index in [1.54, 1.807) is 24.5 Å². The summed E-state index contributed by atoms with van der Waals surface area (Å²) in [6.07, 6.45) is 9.26. The number of hydrogen-bond donors (Lipinski definition) is 1. The topological polar surface area (TPSA) is 45.2 Å². The molecule has 1 saturated carbocycles. The van der Waals surface area contributed by atoms with Crippen molar-refractivity contribution >= 4 is 23.4 Å². The molecule has 4 nitrogen and oxygen atoms in total. The molecule has 0 aliphatic heterocycles. The van der Waals surface area contributed by atoms with Gasteiger partial charge in [-0.1, -0.05) is 6.42 Å². The van der Waals surface area contributed by atoms with E-state index in [1.807, 2.05) is 18.8 Å². The molecular formula is C14H21N3OS. The molecule has 2 rings (SSSR count). The summed E-state index contributed by atoms with van der Waals surface area (Å²) in [5, 5.41) is 3.57. The molecule has 1 amide bonds. The Kier molecular flexibility index (Phi) is 5.22. The predicted molar refractivity (Wildman–Crippen MR) is 80.4 cm³/mol. The number of thioether (sulfide) groups is 1. The van der Waals surface area contributed by atoms with E-state index in [-0.39, 0.29) is 5.91 Å². The molecule has 0 unspecified atom stereocenters. The highest BCUT2D eigenvalue weighted by Gasteiger charge is 2.30. The van der Waals surface area contributed by atoms with Crippen LogP contribution in [-0.4, -0.2) is 46.9 Å². The lowest BCUT2D eigenvalue weighted by Gasteiger charge is -2.28. The van der Waals surface area contributed by atoms with Crippen molar-refractivity contribution < 1.29 is 4.79 Å². The third-order valence-electron chi connectivity index (χ3n) is 3.64. The van der Waals surface area contributed by atoms with Crippen LogP contribution in [0, 0.1) is 0 Å². The van der Waals surface area contributed by atoms with Crippen LogP contribution in [0.1, 0.15) is 19.3 Å². The van der Waals surface area contributed by atoms with E-state index in [9.17, 15) is 4.79 Å². The van der Waals surface area contributed by atoms with Crippen molar-refractivity contribution in [3.63, 3.8) is 0 Å². The number of amides is 1. The number of carbonyl (C=O) groups is 1. The third-order valence-corrected chi connectivity index (χ3v) is 4.80. The second-order valence-electron chi connectivity index (χ2n) is 4.97. The standard InChI is InChI=1S/C14H21N3OS/c1-17(12-4-3-5-13(12)19-2)10-14(18)16-11-6-8-15-9-7-11/h6-9,12-13H,3-5,10H2,1-2H3,(H,15,16,18)/t12-,13+/m0/s1. The Morgan fingerprint density at radius 3 is 2.89 bits per heavy atom. The van der Waals surface area contributed by atoms with Crippen LogP contribution in [0.4, 0.5) is 5.69 Å². The van der Waals surface area contributed by atoms with E-state index >= 15 is 0 Å². The van der Waals surface area contributed by atoms with Crippen molar-refractivity contribution in [1.82, 2.24) is 9.88 Å². The molecule has 104 valence electrons. The van der Waals surface area contributed by atoms with Gasteiger partial charge in [0.25, 0.3) is 0 Å². The predicted octanol–water partition coefficient (Wildman–Crippen LogP) is 2.24. The molecule has 1 N–H and O–H groups in total. The van der Waals surface area contributed by atoms with E-state index in [0.29, 0.717) is 17.8 Å². The molecule has 1 heterocycles. The zero-order valence-electron chi connectivity index (χ0n) is 11.5. The average Bonchev–Trinajstić information content (AvgIpc) is 2.88. The summed E-state index contributed by atoms with van der Waals surface area (Å²) in [5.74, 6) is 0.0421. The maximum atomic E-state index is 12.0. The minimum absolute atomic E-state index is 0.0421. The fourth-order valence-electron chi connectivity index (χ4n) is 2.67. The van der Waals surface area contributed by atoms with Crippen molar-refractivity contribution in [2.24, 2.45) is 0 Å². The number of nitrogens with one attached hydrogen (secondary N) is 1. The SMILES string of the molecule is CS[C@@H]1CCC[C@@H]1N(C)CC(=O)Nc1ccncc1. The average molecular weight is 279 g/mol. The molecule has 1 aromatic heterocycles. The maximum absolute atomic E-state index is 12.0. The largest absolute Gasteiger partial charge is 0.325 e. The first kappa shape index (κ1) is 14.3. The molecule has 1 aliphatic rings. The highest BCUT2D eigenvalue weighted by atomic mass is 32.2. The van der Waals surface area contributed by atoms with Crippen LogP contribution < -0.4 is 5.32 Å². The zero-order chi connectivity index (χ0) is 13.7. The van der Waals surface area contributed by atoms with Gasteiger partial charge in [-0.15, -0.1) is 0 Å². The molecular weight excluding hydrogens is 258 g/mol. The van der Waals surface area contributed by atoms with Gasteiger partial charge >= 0.3 is 0 Å². The molecule has 1 fully saturated rings. The second-order valence-corrected chi connectivity index (χ2v) is 6.05. The monoisotopic (exact) mass is 279 g/mol. The van der Waals surface area contributed by atoms with Crippen molar-refractivity contribution in [3.8, 4) is 0 Å². The molecule has 0 radical (unpaired) electrons. The molecule has 19 heavy (non-hydrogen) atoms. The van der Waals surface area contributed by atoms with E-state index in [4.69, 9.17) is 0 Å². The smallest absolute Gasteiger partial charge is 0.238 e. The minimum atomic E-state index is 0.0421. The zero-order valence-corrected chi connectivity index (χ0v) is 12.3. The molecule has 0 spiro atoms. The van der Waals surface area contributed by atoms with Crippen LogP contribution in [0.2, 0.25) is 0 Å². The molecule has 2 atom stereocenters. The summed E-state index contributed by atoms with van der Waals surface area (Å²) in [6, 6.07) is 4.13. The number of nitrogens with zero attached hydrogens (tertiary/aromatic N) is 2. The van der Waals surface area contributed by atoms with E-state index in [0.717, 1.165) is 5.69 Å². The first-order valence-corrected chi connectivity index (χ1v) is 7.92. The lowest BCUT2D eigenvalue weighted by Crippen LogP contribution is -2.41. The maximum Gasteiger partial charge on any atom is 0.238 e. The molecule has 0 saturated heterocycles. The number of likely N-dealkylation sites (N-methyl/N-ethyl adjacent to an activating group) is 1. The van der Waals surface area contributed by atoms with Gasteiger partial charge in [-0.2, -0.15) is 11.8 Å². The molecule has 0 bridgehead atoms. The van der Waals surface area contributed by atoms with Gasteiger partial charge in [0.15, 0.2) is 0 Å². The van der Waals surface area contributed by atoms with Crippen LogP contribution in [0.25, 0.3) is 0 Å². The quantitative estimate of drug-likeness (QED) is 0.898. The number of pyridine rings is 1. The normalized spacial score (nSPS) is 22.7. The van der Waals surface area contributed by atoms with Gasteiger partial charge in [0.1, 0.15) is 0 Å². The number of rotatable bonds is 5. The summed E-state index contributed by atoms with van der Waals surface area (Å²) in [7, 11) is 2.05. The second kappa shape index (κ2) is 6.91. The Balaban J connectivity index is 1.85. The van der Waals surface area contributed by atoms with Crippen molar-refractivity contribution in [3.05, 3.63) is 24.5 Å². The van der Waals surface area contributed by atoms with Crippen LogP contribution in [0.15, 0.2) is 24.5 Å². The Morgan fingerprint density at radius 1 is 1.47 bits per heavy atom. The van der Waals surface area contributed by atoms with Crippen LogP contribution in [0.3, 0.4) is 0 Å². The van der Waals surface area contributed by atoms with Gasteiger partial charge in [-0.3, -0.25) is 14.7 Å². The molecule has 1 aliphatic carbocycles. The van der Waals surface area contributed by atoms with Gasteiger partial charge in [0, 0.05) is 29.4 Å². The summed E-state index contributed by atoms with van der Waals surface area (Å²) in [5.41, 5.74) is 0.807. The number of anilines is 1. The van der Waals surface area contributed by atoms with E-state index in [1.165, 1.54) is 19.3 Å². The highest BCUT2D eigenvalue weighted by molar-refractivity contribution is 7.99. The Bertz CT molecular complexity index is 412. The molecule has 5 heteroatoms. The van der Waals surface area contributed by atoms with Crippen LogP contribution in [-0.2, 0) is 4.79 Å². The van der Waals surface area contributed by atoms with Gasteiger partial charge in [0.2, 0.25) is 5.91 Å². The number of carbonyl (C=O) groups excluding carboxylic acids is 1.